The van der Waals surface area contributed by atoms with Crippen LogP contribution >= 0.6 is 11.3 Å². The molecule has 0 saturated carbocycles. The molecule has 2 aromatic heterocycles. The molecule has 126 valence electrons. The molecule has 6 nitrogen and oxygen atoms in total. The highest BCUT2D eigenvalue weighted by molar-refractivity contribution is 7.12. The third-order valence-corrected chi connectivity index (χ3v) is 5.33. The van der Waals surface area contributed by atoms with Crippen LogP contribution in [-0.2, 0) is 4.74 Å². The Morgan fingerprint density at radius 3 is 3.08 bits per heavy atom. The summed E-state index contributed by atoms with van der Waals surface area (Å²) >= 11 is 1.47. The van der Waals surface area contributed by atoms with Gasteiger partial charge in [0.15, 0.2) is 0 Å². The zero-order chi connectivity index (χ0) is 16.6. The van der Waals surface area contributed by atoms with Crippen molar-refractivity contribution in [2.45, 2.75) is 31.5 Å². The highest BCUT2D eigenvalue weighted by Gasteiger charge is 2.50. The van der Waals surface area contributed by atoms with Gasteiger partial charge in [-0.15, -0.1) is 11.3 Å². The zero-order valence-corrected chi connectivity index (χ0v) is 14.3. The number of rotatable bonds is 3. The minimum absolute atomic E-state index is 0.0274. The summed E-state index contributed by atoms with van der Waals surface area (Å²) in [5.74, 6) is 0.0873. The third-order valence-electron chi connectivity index (χ3n) is 4.47. The van der Waals surface area contributed by atoms with Crippen molar-refractivity contribution in [1.29, 1.82) is 0 Å². The first-order valence-electron chi connectivity index (χ1n) is 8.07. The SMILES string of the molecule is Cc1ccnc(O[C@@H]2CCOC3(C2)CN(C(=O)c2cccs2)C3)n1. The molecule has 2 aliphatic rings. The van der Waals surface area contributed by atoms with Gasteiger partial charge in [-0.25, -0.2) is 9.97 Å². The number of hydrogen-bond acceptors (Lipinski definition) is 6. The number of nitrogens with zero attached hydrogens (tertiary/aromatic N) is 3. The van der Waals surface area contributed by atoms with Gasteiger partial charge in [-0.05, 0) is 24.4 Å². The van der Waals surface area contributed by atoms with Gasteiger partial charge in [0.1, 0.15) is 11.7 Å². The van der Waals surface area contributed by atoms with Crippen LogP contribution in [0.25, 0.3) is 0 Å². The van der Waals surface area contributed by atoms with Crippen LogP contribution in [0.4, 0.5) is 0 Å². The highest BCUT2D eigenvalue weighted by atomic mass is 32.1. The maximum atomic E-state index is 12.4. The van der Waals surface area contributed by atoms with Crippen LogP contribution < -0.4 is 4.74 Å². The molecule has 1 amide bonds. The van der Waals surface area contributed by atoms with Gasteiger partial charge < -0.3 is 14.4 Å². The second-order valence-electron chi connectivity index (χ2n) is 6.38. The first-order chi connectivity index (χ1) is 11.6. The lowest BCUT2D eigenvalue weighted by molar-refractivity contribution is -0.174. The molecular weight excluding hydrogens is 326 g/mol. The van der Waals surface area contributed by atoms with E-state index in [0.717, 1.165) is 23.4 Å². The number of carbonyl (C=O) groups is 1. The van der Waals surface area contributed by atoms with Crippen LogP contribution in [0.2, 0.25) is 0 Å². The Labute approximate surface area is 144 Å². The Morgan fingerprint density at radius 1 is 1.46 bits per heavy atom. The van der Waals surface area contributed by atoms with Crippen molar-refractivity contribution in [2.75, 3.05) is 19.7 Å². The van der Waals surface area contributed by atoms with Gasteiger partial charge >= 0.3 is 6.01 Å². The van der Waals surface area contributed by atoms with Crippen molar-refractivity contribution in [3.05, 3.63) is 40.3 Å². The monoisotopic (exact) mass is 345 g/mol. The molecule has 7 heteroatoms. The van der Waals surface area contributed by atoms with Crippen molar-refractivity contribution >= 4 is 17.2 Å². The minimum atomic E-state index is -0.278. The van der Waals surface area contributed by atoms with E-state index in [1.165, 1.54) is 11.3 Å². The Morgan fingerprint density at radius 2 is 2.33 bits per heavy atom. The number of aromatic nitrogens is 2. The molecule has 0 radical (unpaired) electrons. The summed E-state index contributed by atoms with van der Waals surface area (Å²) in [5, 5.41) is 1.92. The Balaban J connectivity index is 1.37. The molecule has 0 aromatic carbocycles. The van der Waals surface area contributed by atoms with Crippen LogP contribution in [0.5, 0.6) is 6.01 Å². The molecule has 0 unspecified atom stereocenters. The van der Waals surface area contributed by atoms with E-state index in [4.69, 9.17) is 9.47 Å². The fourth-order valence-corrected chi connectivity index (χ4v) is 3.98. The lowest BCUT2D eigenvalue weighted by atomic mass is 9.84. The number of aryl methyl sites for hydroxylation is 1. The largest absolute Gasteiger partial charge is 0.460 e. The third kappa shape index (κ3) is 3.01. The van der Waals surface area contributed by atoms with Gasteiger partial charge in [-0.1, -0.05) is 6.07 Å². The Bertz CT molecular complexity index is 728. The van der Waals surface area contributed by atoms with E-state index in [1.807, 2.05) is 35.4 Å². The summed E-state index contributed by atoms with van der Waals surface area (Å²) in [5.41, 5.74) is 0.609. The predicted molar refractivity (Wildman–Crippen MR) is 89.3 cm³/mol. The van der Waals surface area contributed by atoms with Gasteiger partial charge in [-0.2, -0.15) is 0 Å². The Kier molecular flexibility index (Phi) is 3.97. The summed E-state index contributed by atoms with van der Waals surface area (Å²) in [6, 6.07) is 6.03. The predicted octanol–water partition coefficient (Wildman–Crippen LogP) is 2.30. The molecule has 2 saturated heterocycles. The van der Waals surface area contributed by atoms with E-state index in [0.29, 0.717) is 25.7 Å². The number of ether oxygens (including phenoxy) is 2. The topological polar surface area (TPSA) is 64.6 Å². The van der Waals surface area contributed by atoms with E-state index in [2.05, 4.69) is 9.97 Å². The normalized spacial score (nSPS) is 22.2. The molecule has 2 aliphatic heterocycles. The second-order valence-corrected chi connectivity index (χ2v) is 7.33. The molecule has 2 fully saturated rings. The zero-order valence-electron chi connectivity index (χ0n) is 13.5. The summed E-state index contributed by atoms with van der Waals surface area (Å²) in [4.78, 5) is 23.4. The van der Waals surface area contributed by atoms with Gasteiger partial charge in [0.2, 0.25) is 0 Å². The first kappa shape index (κ1) is 15.5. The summed E-state index contributed by atoms with van der Waals surface area (Å²) in [6.07, 6.45) is 3.31. The van der Waals surface area contributed by atoms with Crippen molar-refractivity contribution in [1.82, 2.24) is 14.9 Å². The van der Waals surface area contributed by atoms with Crippen molar-refractivity contribution in [2.24, 2.45) is 0 Å². The fourth-order valence-electron chi connectivity index (χ4n) is 3.28. The van der Waals surface area contributed by atoms with E-state index in [1.54, 1.807) is 6.20 Å². The maximum absolute atomic E-state index is 12.4. The number of thiophene rings is 1. The van der Waals surface area contributed by atoms with Crippen LogP contribution in [0.3, 0.4) is 0 Å². The van der Waals surface area contributed by atoms with Gasteiger partial charge in [0.05, 0.1) is 24.6 Å². The molecule has 2 aromatic rings. The summed E-state index contributed by atoms with van der Waals surface area (Å²) in [7, 11) is 0. The van der Waals surface area contributed by atoms with Gasteiger partial charge in [-0.3, -0.25) is 4.79 Å². The average molecular weight is 345 g/mol. The lowest BCUT2D eigenvalue weighted by Crippen LogP contribution is -2.67. The summed E-state index contributed by atoms with van der Waals surface area (Å²) in [6.45, 7) is 3.80. The molecule has 0 aliphatic carbocycles. The van der Waals surface area contributed by atoms with Crippen molar-refractivity contribution in [3.8, 4) is 6.01 Å². The fraction of sp³-hybridized carbons (Fsp3) is 0.471. The van der Waals surface area contributed by atoms with Crippen LogP contribution in [0.15, 0.2) is 29.8 Å². The maximum Gasteiger partial charge on any atom is 0.316 e. The van der Waals surface area contributed by atoms with E-state index in [-0.39, 0.29) is 17.6 Å². The summed E-state index contributed by atoms with van der Waals surface area (Å²) < 4.78 is 11.9. The Hall–Kier alpha value is -1.99. The molecule has 1 spiro atoms. The van der Waals surface area contributed by atoms with Crippen LogP contribution in [0, 0.1) is 6.92 Å². The molecule has 4 rings (SSSR count). The molecule has 1 atom stereocenters. The molecule has 0 bridgehead atoms. The second kappa shape index (κ2) is 6.14. The minimum Gasteiger partial charge on any atom is -0.460 e. The highest BCUT2D eigenvalue weighted by Crippen LogP contribution is 2.36. The number of carbonyl (C=O) groups excluding carboxylic acids is 1. The lowest BCUT2D eigenvalue weighted by Gasteiger charge is -2.52. The van der Waals surface area contributed by atoms with Gasteiger partial charge in [0.25, 0.3) is 5.91 Å². The van der Waals surface area contributed by atoms with E-state index >= 15 is 0 Å². The van der Waals surface area contributed by atoms with Crippen molar-refractivity contribution in [3.63, 3.8) is 0 Å². The molecule has 4 heterocycles. The molecular formula is C17H19N3O3S. The average Bonchev–Trinajstić information content (AvgIpc) is 3.06. The standard InChI is InChI=1S/C17H19N3O3S/c1-12-4-6-18-16(19-12)23-13-5-7-22-17(9-13)10-20(11-17)15(21)14-3-2-8-24-14/h2-4,6,8,13H,5,7,9-11H2,1H3/t13-/m1/s1. The van der Waals surface area contributed by atoms with E-state index in [9.17, 15) is 4.79 Å². The number of amides is 1. The van der Waals surface area contributed by atoms with Gasteiger partial charge in [0, 0.05) is 24.7 Å². The van der Waals surface area contributed by atoms with E-state index < -0.39 is 0 Å². The molecule has 0 N–H and O–H groups in total. The molecule has 24 heavy (non-hydrogen) atoms. The quantitative estimate of drug-likeness (QED) is 0.854. The first-order valence-corrected chi connectivity index (χ1v) is 8.95. The smallest absolute Gasteiger partial charge is 0.316 e. The van der Waals surface area contributed by atoms with Crippen molar-refractivity contribution < 1.29 is 14.3 Å². The number of hydrogen-bond donors (Lipinski definition) is 0. The number of likely N-dealkylation sites (tertiary alicyclic amines) is 1. The van der Waals surface area contributed by atoms with Crippen LogP contribution in [0.1, 0.15) is 28.2 Å². The van der Waals surface area contributed by atoms with Crippen LogP contribution in [-0.4, -0.2) is 52.2 Å².